The van der Waals surface area contributed by atoms with Gasteiger partial charge in [-0.05, 0) is 69.1 Å². The number of rotatable bonds is 6. The van der Waals surface area contributed by atoms with Crippen molar-refractivity contribution in [1.29, 1.82) is 0 Å². The van der Waals surface area contributed by atoms with E-state index in [1.807, 2.05) is 6.92 Å². The molecule has 1 N–H and O–H groups in total. The average molecular weight is 484 g/mol. The SMILES string of the molecule is CCOC(=O)c1ccc(Cl)cc1S[C@H]1CC[C@H]2C(CC)N(C(=O)OC)[C@H](C(=O)O)C[C@H]2C1. The number of thioether (sulfide) groups is 1. The lowest BCUT2D eigenvalue weighted by atomic mass is 9.68. The van der Waals surface area contributed by atoms with Crippen LogP contribution in [0, 0.1) is 11.8 Å². The molecule has 1 saturated carbocycles. The topological polar surface area (TPSA) is 93.1 Å². The van der Waals surface area contributed by atoms with Gasteiger partial charge in [0.1, 0.15) is 6.04 Å². The normalized spacial score (nSPS) is 27.4. The van der Waals surface area contributed by atoms with Gasteiger partial charge in [0, 0.05) is 21.2 Å². The van der Waals surface area contributed by atoms with Crippen molar-refractivity contribution in [2.45, 2.75) is 68.2 Å². The number of carboxylic acids is 1. The van der Waals surface area contributed by atoms with Crippen molar-refractivity contribution in [3.8, 4) is 0 Å². The van der Waals surface area contributed by atoms with E-state index in [1.165, 1.54) is 12.0 Å². The van der Waals surface area contributed by atoms with Crippen LogP contribution in [0.15, 0.2) is 23.1 Å². The zero-order valence-corrected chi connectivity index (χ0v) is 20.2. The lowest BCUT2D eigenvalue weighted by Crippen LogP contribution is -2.60. The second-order valence-corrected chi connectivity index (χ2v) is 10.1. The molecule has 5 atom stereocenters. The summed E-state index contributed by atoms with van der Waals surface area (Å²) in [6.45, 7) is 4.05. The highest BCUT2D eigenvalue weighted by Gasteiger charge is 2.49. The van der Waals surface area contributed by atoms with E-state index in [0.29, 0.717) is 30.0 Å². The summed E-state index contributed by atoms with van der Waals surface area (Å²) in [5.74, 6) is -0.959. The number of carbonyl (C=O) groups is 3. The van der Waals surface area contributed by atoms with Gasteiger partial charge in [0.2, 0.25) is 0 Å². The summed E-state index contributed by atoms with van der Waals surface area (Å²) in [6, 6.07) is 4.12. The van der Waals surface area contributed by atoms with Gasteiger partial charge in [0.25, 0.3) is 0 Å². The van der Waals surface area contributed by atoms with Gasteiger partial charge in [0.05, 0.1) is 19.3 Å². The van der Waals surface area contributed by atoms with Crippen molar-refractivity contribution in [2.75, 3.05) is 13.7 Å². The van der Waals surface area contributed by atoms with E-state index in [0.717, 1.165) is 24.2 Å². The molecule has 9 heteroatoms. The van der Waals surface area contributed by atoms with Gasteiger partial charge >= 0.3 is 18.0 Å². The second kappa shape index (κ2) is 10.8. The van der Waals surface area contributed by atoms with Gasteiger partial charge in [-0.25, -0.2) is 14.4 Å². The Morgan fingerprint density at radius 3 is 2.59 bits per heavy atom. The quantitative estimate of drug-likeness (QED) is 0.562. The first kappa shape index (κ1) is 24.7. The Labute approximate surface area is 197 Å². The maximum absolute atomic E-state index is 12.4. The Bertz CT molecular complexity index is 865. The molecular formula is C23H30ClNO6S. The largest absolute Gasteiger partial charge is 0.480 e. The van der Waals surface area contributed by atoms with Crippen LogP contribution in [-0.2, 0) is 14.3 Å². The van der Waals surface area contributed by atoms with E-state index >= 15 is 0 Å². The van der Waals surface area contributed by atoms with Gasteiger partial charge in [-0.2, -0.15) is 0 Å². The van der Waals surface area contributed by atoms with Crippen LogP contribution in [0.2, 0.25) is 5.02 Å². The highest BCUT2D eigenvalue weighted by molar-refractivity contribution is 8.00. The number of esters is 1. The number of carboxylic acid groups (broad SMARTS) is 1. The molecule has 7 nitrogen and oxygen atoms in total. The number of benzene rings is 1. The number of amides is 1. The highest BCUT2D eigenvalue weighted by Crippen LogP contribution is 2.48. The maximum Gasteiger partial charge on any atom is 0.410 e. The average Bonchev–Trinajstić information content (AvgIpc) is 2.77. The molecule has 1 saturated heterocycles. The summed E-state index contributed by atoms with van der Waals surface area (Å²) in [4.78, 5) is 39.0. The lowest BCUT2D eigenvalue weighted by molar-refractivity contribution is -0.148. The standard InChI is InChI=1S/C23H30ClNO6S/c1-4-18-16-9-7-15(10-13(16)11-19(21(26)27)25(18)23(29)30-3)32-20-12-14(24)6-8-17(20)22(28)31-5-2/h6,8,12-13,15-16,18-19H,4-5,7,9-11H2,1-3H3,(H,26,27)/t13-,15+,16-,18?,19+/m1/s1. The molecule has 2 aliphatic rings. The molecule has 0 radical (unpaired) electrons. The van der Waals surface area contributed by atoms with Gasteiger partial charge in [-0.15, -0.1) is 11.8 Å². The number of methoxy groups -OCH3 is 1. The first-order chi connectivity index (χ1) is 15.3. The van der Waals surface area contributed by atoms with Crippen molar-refractivity contribution < 1.29 is 29.0 Å². The lowest BCUT2D eigenvalue weighted by Gasteiger charge is -2.50. The zero-order valence-electron chi connectivity index (χ0n) is 18.6. The number of fused-ring (bicyclic) bond motifs is 1. The monoisotopic (exact) mass is 483 g/mol. The molecule has 1 heterocycles. The predicted molar refractivity (Wildman–Crippen MR) is 122 cm³/mol. The number of halogens is 1. The maximum atomic E-state index is 12.4. The number of ether oxygens (including phenoxy) is 2. The molecule has 1 unspecified atom stereocenters. The molecule has 2 fully saturated rings. The van der Waals surface area contributed by atoms with E-state index in [-0.39, 0.29) is 29.1 Å². The molecule has 1 aliphatic heterocycles. The fourth-order valence-electron chi connectivity index (χ4n) is 5.20. The smallest absolute Gasteiger partial charge is 0.410 e. The summed E-state index contributed by atoms with van der Waals surface area (Å²) in [5.41, 5.74) is 0.499. The highest BCUT2D eigenvalue weighted by atomic mass is 35.5. The number of carbonyl (C=O) groups excluding carboxylic acids is 2. The van der Waals surface area contributed by atoms with Gasteiger partial charge < -0.3 is 14.6 Å². The third-order valence-electron chi connectivity index (χ3n) is 6.53. The number of nitrogens with zero attached hydrogens (tertiary/aromatic N) is 1. The third-order valence-corrected chi connectivity index (χ3v) is 8.12. The first-order valence-electron chi connectivity index (χ1n) is 11.0. The summed E-state index contributed by atoms with van der Waals surface area (Å²) >= 11 is 7.81. The van der Waals surface area contributed by atoms with Crippen LogP contribution in [-0.4, -0.2) is 59.1 Å². The minimum Gasteiger partial charge on any atom is -0.480 e. The zero-order chi connectivity index (χ0) is 23.4. The summed E-state index contributed by atoms with van der Waals surface area (Å²) in [7, 11) is 1.29. The summed E-state index contributed by atoms with van der Waals surface area (Å²) in [5, 5.41) is 10.6. The molecule has 0 aromatic heterocycles. The molecule has 0 spiro atoms. The van der Waals surface area contributed by atoms with Crippen molar-refractivity contribution in [2.24, 2.45) is 11.8 Å². The van der Waals surface area contributed by atoms with Crippen molar-refractivity contribution >= 4 is 41.4 Å². The van der Waals surface area contributed by atoms with Crippen molar-refractivity contribution in [1.82, 2.24) is 4.90 Å². The van der Waals surface area contributed by atoms with Gasteiger partial charge in [-0.1, -0.05) is 18.5 Å². The number of aliphatic carboxylic acids is 1. The van der Waals surface area contributed by atoms with E-state index in [4.69, 9.17) is 21.1 Å². The first-order valence-corrected chi connectivity index (χ1v) is 12.3. The number of hydrogen-bond donors (Lipinski definition) is 1. The molecule has 1 aromatic carbocycles. The molecule has 176 valence electrons. The Kier molecular flexibility index (Phi) is 8.33. The molecule has 1 aromatic rings. The fraction of sp³-hybridized carbons (Fsp3) is 0.609. The van der Waals surface area contributed by atoms with Crippen LogP contribution in [0.1, 0.15) is 56.3 Å². The van der Waals surface area contributed by atoms with Crippen molar-refractivity contribution in [3.05, 3.63) is 28.8 Å². The van der Waals surface area contributed by atoms with E-state index in [1.54, 1.807) is 36.9 Å². The van der Waals surface area contributed by atoms with Crippen LogP contribution in [0.4, 0.5) is 4.79 Å². The van der Waals surface area contributed by atoms with Crippen LogP contribution in [0.3, 0.4) is 0 Å². The molecule has 0 bridgehead atoms. The van der Waals surface area contributed by atoms with Crippen molar-refractivity contribution in [3.63, 3.8) is 0 Å². The van der Waals surface area contributed by atoms with Gasteiger partial charge in [-0.3, -0.25) is 4.90 Å². The van der Waals surface area contributed by atoms with Crippen LogP contribution >= 0.6 is 23.4 Å². The van der Waals surface area contributed by atoms with E-state index < -0.39 is 18.1 Å². The molecular weight excluding hydrogens is 454 g/mol. The number of piperidine rings is 1. The Morgan fingerprint density at radius 1 is 1.22 bits per heavy atom. The fourth-order valence-corrected chi connectivity index (χ4v) is 6.87. The molecule has 1 aliphatic carbocycles. The van der Waals surface area contributed by atoms with Crippen LogP contribution in [0.5, 0.6) is 0 Å². The van der Waals surface area contributed by atoms with Crippen LogP contribution < -0.4 is 0 Å². The molecule has 32 heavy (non-hydrogen) atoms. The number of hydrogen-bond acceptors (Lipinski definition) is 6. The molecule has 3 rings (SSSR count). The third kappa shape index (κ3) is 5.17. The Balaban J connectivity index is 1.80. The predicted octanol–water partition coefficient (Wildman–Crippen LogP) is 5.10. The summed E-state index contributed by atoms with van der Waals surface area (Å²) < 4.78 is 10.1. The van der Waals surface area contributed by atoms with Crippen LogP contribution in [0.25, 0.3) is 0 Å². The summed E-state index contributed by atoms with van der Waals surface area (Å²) in [6.07, 6.45) is 3.12. The minimum atomic E-state index is -0.999. The number of likely N-dealkylation sites (tertiary alicyclic amines) is 1. The Morgan fingerprint density at radius 2 is 1.97 bits per heavy atom. The van der Waals surface area contributed by atoms with E-state index in [2.05, 4.69) is 0 Å². The second-order valence-electron chi connectivity index (χ2n) is 8.28. The minimum absolute atomic E-state index is 0.158. The molecule has 1 amide bonds. The van der Waals surface area contributed by atoms with Gasteiger partial charge in [0.15, 0.2) is 0 Å². The van der Waals surface area contributed by atoms with E-state index in [9.17, 15) is 19.5 Å². The Hall–Kier alpha value is -1.93.